The molecule has 1 aliphatic heterocycles. The lowest BCUT2D eigenvalue weighted by Crippen LogP contribution is -2.35. The quantitative estimate of drug-likeness (QED) is 0.851. The smallest absolute Gasteiger partial charge is 0.184 e. The SMILES string of the molecule is CCC1CNc2c(C(C)(C)C)cccc2S1(=O)=O. The molecule has 0 spiro atoms. The molecule has 1 atom stereocenters. The highest BCUT2D eigenvalue weighted by Gasteiger charge is 2.35. The van der Waals surface area contributed by atoms with E-state index in [0.717, 1.165) is 11.3 Å². The fourth-order valence-corrected chi connectivity index (χ4v) is 4.28. The molecule has 0 saturated heterocycles. The number of fused-ring (bicyclic) bond motifs is 1. The molecule has 1 aromatic rings. The number of rotatable bonds is 1. The molecule has 0 aromatic heterocycles. The summed E-state index contributed by atoms with van der Waals surface area (Å²) in [5, 5.41) is 3.01. The van der Waals surface area contributed by atoms with Gasteiger partial charge in [-0.25, -0.2) is 8.42 Å². The maximum absolute atomic E-state index is 12.5. The number of nitrogens with one attached hydrogen (secondary N) is 1. The third-order valence-electron chi connectivity index (χ3n) is 3.54. The molecule has 0 amide bonds. The van der Waals surface area contributed by atoms with Crippen LogP contribution in [-0.4, -0.2) is 20.2 Å². The largest absolute Gasteiger partial charge is 0.382 e. The molecule has 1 aromatic carbocycles. The van der Waals surface area contributed by atoms with E-state index >= 15 is 0 Å². The average Bonchev–Trinajstić information content (AvgIpc) is 2.27. The highest BCUT2D eigenvalue weighted by Crippen LogP contribution is 2.38. The van der Waals surface area contributed by atoms with E-state index in [1.54, 1.807) is 6.07 Å². The van der Waals surface area contributed by atoms with E-state index in [4.69, 9.17) is 0 Å². The van der Waals surface area contributed by atoms with Crippen molar-refractivity contribution in [3.05, 3.63) is 23.8 Å². The number of para-hydroxylation sites is 1. The Morgan fingerprint density at radius 2 is 2.00 bits per heavy atom. The molecular weight excluding hydrogens is 246 g/mol. The van der Waals surface area contributed by atoms with Gasteiger partial charge in [0.1, 0.15) is 0 Å². The van der Waals surface area contributed by atoms with Crippen LogP contribution in [0.25, 0.3) is 0 Å². The van der Waals surface area contributed by atoms with Gasteiger partial charge in [-0.3, -0.25) is 0 Å². The summed E-state index contributed by atoms with van der Waals surface area (Å²) in [6.45, 7) is 8.73. The Labute approximate surface area is 110 Å². The van der Waals surface area contributed by atoms with Crippen molar-refractivity contribution in [1.29, 1.82) is 0 Å². The first-order valence-electron chi connectivity index (χ1n) is 6.39. The lowest BCUT2D eigenvalue weighted by molar-refractivity contribution is 0.568. The fourth-order valence-electron chi connectivity index (χ4n) is 2.44. The van der Waals surface area contributed by atoms with Crippen LogP contribution in [0, 0.1) is 0 Å². The van der Waals surface area contributed by atoms with E-state index in [1.807, 2.05) is 19.1 Å². The van der Waals surface area contributed by atoms with Crippen LogP contribution in [-0.2, 0) is 15.3 Å². The lowest BCUT2D eigenvalue weighted by atomic mass is 9.85. The van der Waals surface area contributed by atoms with Crippen LogP contribution in [0.15, 0.2) is 23.1 Å². The Morgan fingerprint density at radius 3 is 2.56 bits per heavy atom. The summed E-state index contributed by atoms with van der Waals surface area (Å²) in [6, 6.07) is 5.57. The number of hydrogen-bond acceptors (Lipinski definition) is 3. The summed E-state index contributed by atoms with van der Waals surface area (Å²) in [5.74, 6) is 0. The fraction of sp³-hybridized carbons (Fsp3) is 0.571. The molecule has 3 nitrogen and oxygen atoms in total. The van der Waals surface area contributed by atoms with Crippen LogP contribution in [0.4, 0.5) is 5.69 Å². The van der Waals surface area contributed by atoms with Crippen molar-refractivity contribution in [1.82, 2.24) is 0 Å². The van der Waals surface area contributed by atoms with Crippen molar-refractivity contribution in [2.75, 3.05) is 11.9 Å². The van der Waals surface area contributed by atoms with Crippen LogP contribution in [0.5, 0.6) is 0 Å². The minimum Gasteiger partial charge on any atom is -0.382 e. The Kier molecular flexibility index (Phi) is 3.18. The predicted molar refractivity (Wildman–Crippen MR) is 74.9 cm³/mol. The molecule has 2 rings (SSSR count). The van der Waals surface area contributed by atoms with Crippen molar-refractivity contribution in [2.24, 2.45) is 0 Å². The highest BCUT2D eigenvalue weighted by atomic mass is 32.2. The molecule has 0 saturated carbocycles. The minimum atomic E-state index is -3.18. The normalized spacial score (nSPS) is 22.1. The van der Waals surface area contributed by atoms with E-state index in [2.05, 4.69) is 26.1 Å². The molecule has 1 N–H and O–H groups in total. The lowest BCUT2D eigenvalue weighted by Gasteiger charge is -2.31. The maximum atomic E-state index is 12.5. The molecule has 0 bridgehead atoms. The molecule has 0 fully saturated rings. The first-order valence-corrected chi connectivity index (χ1v) is 7.94. The summed E-state index contributed by atoms with van der Waals surface area (Å²) in [4.78, 5) is 0.466. The Balaban J connectivity index is 2.65. The van der Waals surface area contributed by atoms with Gasteiger partial charge in [0, 0.05) is 6.54 Å². The number of benzene rings is 1. The van der Waals surface area contributed by atoms with Crippen molar-refractivity contribution in [3.63, 3.8) is 0 Å². The van der Waals surface area contributed by atoms with Crippen molar-refractivity contribution in [3.8, 4) is 0 Å². The van der Waals surface area contributed by atoms with Gasteiger partial charge in [0.25, 0.3) is 0 Å². The standard InChI is InChI=1S/C14H21NO2S/c1-5-10-9-15-13-11(14(2,3)4)7-6-8-12(13)18(10,16)17/h6-8,10,15H,5,9H2,1-4H3. The Bertz CT molecular complexity index is 556. The minimum absolute atomic E-state index is 0.0626. The van der Waals surface area contributed by atoms with E-state index in [9.17, 15) is 8.42 Å². The Morgan fingerprint density at radius 1 is 1.33 bits per heavy atom. The van der Waals surface area contributed by atoms with Gasteiger partial charge in [0.2, 0.25) is 0 Å². The van der Waals surface area contributed by atoms with Gasteiger partial charge in [-0.2, -0.15) is 0 Å². The van der Waals surface area contributed by atoms with Crippen LogP contribution >= 0.6 is 0 Å². The summed E-state index contributed by atoms with van der Waals surface area (Å²) in [7, 11) is -3.18. The second kappa shape index (κ2) is 4.26. The summed E-state index contributed by atoms with van der Waals surface area (Å²) < 4.78 is 24.9. The molecule has 18 heavy (non-hydrogen) atoms. The molecule has 4 heteroatoms. The van der Waals surface area contributed by atoms with Gasteiger partial charge in [-0.15, -0.1) is 0 Å². The molecule has 100 valence electrons. The zero-order valence-electron chi connectivity index (χ0n) is 11.4. The van der Waals surface area contributed by atoms with Crippen LogP contribution in [0.3, 0.4) is 0 Å². The van der Waals surface area contributed by atoms with Gasteiger partial charge in [-0.1, -0.05) is 39.8 Å². The van der Waals surface area contributed by atoms with Crippen LogP contribution in [0.1, 0.15) is 39.7 Å². The third-order valence-corrected chi connectivity index (χ3v) is 5.87. The zero-order valence-corrected chi connectivity index (χ0v) is 12.3. The van der Waals surface area contributed by atoms with E-state index in [0.29, 0.717) is 17.9 Å². The van der Waals surface area contributed by atoms with Gasteiger partial charge < -0.3 is 5.32 Å². The van der Waals surface area contributed by atoms with E-state index in [1.165, 1.54) is 0 Å². The third kappa shape index (κ3) is 2.03. The first kappa shape index (κ1) is 13.4. The second-order valence-corrected chi connectivity index (χ2v) is 8.08. The molecule has 1 aliphatic rings. The van der Waals surface area contributed by atoms with Crippen molar-refractivity contribution < 1.29 is 8.42 Å². The summed E-state index contributed by atoms with van der Waals surface area (Å²) in [6.07, 6.45) is 0.647. The number of sulfone groups is 1. The van der Waals surface area contributed by atoms with Crippen molar-refractivity contribution in [2.45, 2.75) is 49.7 Å². The molecular formula is C14H21NO2S. The van der Waals surface area contributed by atoms with Gasteiger partial charge in [0.05, 0.1) is 15.8 Å². The molecule has 0 radical (unpaired) electrons. The maximum Gasteiger partial charge on any atom is 0.184 e. The van der Waals surface area contributed by atoms with Gasteiger partial charge in [-0.05, 0) is 23.5 Å². The van der Waals surface area contributed by atoms with Gasteiger partial charge >= 0.3 is 0 Å². The van der Waals surface area contributed by atoms with E-state index in [-0.39, 0.29) is 10.7 Å². The second-order valence-electron chi connectivity index (χ2n) is 5.88. The average molecular weight is 267 g/mol. The Hall–Kier alpha value is -1.03. The predicted octanol–water partition coefficient (Wildman–Crippen LogP) is 2.96. The summed E-state index contributed by atoms with van der Waals surface area (Å²) >= 11 is 0. The molecule has 1 heterocycles. The number of anilines is 1. The first-order chi connectivity index (χ1) is 8.28. The van der Waals surface area contributed by atoms with Crippen LogP contribution < -0.4 is 5.32 Å². The van der Waals surface area contributed by atoms with E-state index < -0.39 is 9.84 Å². The van der Waals surface area contributed by atoms with Crippen molar-refractivity contribution >= 4 is 15.5 Å². The molecule has 1 unspecified atom stereocenters. The summed E-state index contributed by atoms with van der Waals surface area (Å²) in [5.41, 5.74) is 1.81. The topological polar surface area (TPSA) is 46.2 Å². The van der Waals surface area contributed by atoms with Gasteiger partial charge in [0.15, 0.2) is 9.84 Å². The molecule has 0 aliphatic carbocycles. The monoisotopic (exact) mass is 267 g/mol. The number of hydrogen-bond donors (Lipinski definition) is 1. The van der Waals surface area contributed by atoms with Crippen LogP contribution in [0.2, 0.25) is 0 Å². The zero-order chi connectivity index (χ0) is 13.6. The highest BCUT2D eigenvalue weighted by molar-refractivity contribution is 7.92.